The SMILES string of the molecule is CC(Sc1nnc(N2CCCC2)n1CC1CCCO1)C(=O)Nc1ccc(Cl)cn1. The highest BCUT2D eigenvalue weighted by Gasteiger charge is 2.27. The van der Waals surface area contributed by atoms with E-state index in [1.54, 1.807) is 12.1 Å². The molecule has 0 saturated carbocycles. The van der Waals surface area contributed by atoms with Crippen LogP contribution in [0.15, 0.2) is 23.5 Å². The molecule has 1 amide bonds. The number of ether oxygens (including phenoxy) is 1. The van der Waals surface area contributed by atoms with Crippen molar-refractivity contribution in [3.8, 4) is 0 Å². The number of carbonyl (C=O) groups excluding carboxylic acids is 1. The summed E-state index contributed by atoms with van der Waals surface area (Å²) in [5.74, 6) is 1.22. The zero-order valence-electron chi connectivity index (χ0n) is 16.4. The van der Waals surface area contributed by atoms with Gasteiger partial charge in [0.1, 0.15) is 5.82 Å². The third-order valence-electron chi connectivity index (χ3n) is 5.13. The van der Waals surface area contributed by atoms with E-state index in [1.807, 2.05) is 6.92 Å². The number of thioether (sulfide) groups is 1. The zero-order chi connectivity index (χ0) is 20.2. The first kappa shape index (κ1) is 20.4. The predicted octanol–water partition coefficient (Wildman–Crippen LogP) is 3.23. The summed E-state index contributed by atoms with van der Waals surface area (Å²) in [5, 5.41) is 12.6. The van der Waals surface area contributed by atoms with E-state index in [0.717, 1.165) is 43.6 Å². The fraction of sp³-hybridized carbons (Fsp3) is 0.579. The lowest BCUT2D eigenvalue weighted by atomic mass is 10.2. The molecule has 10 heteroatoms. The van der Waals surface area contributed by atoms with Crippen molar-refractivity contribution in [3.05, 3.63) is 23.4 Å². The topological polar surface area (TPSA) is 85.2 Å². The number of nitrogens with zero attached hydrogens (tertiary/aromatic N) is 5. The van der Waals surface area contributed by atoms with Gasteiger partial charge in [-0.15, -0.1) is 10.2 Å². The summed E-state index contributed by atoms with van der Waals surface area (Å²) >= 11 is 7.25. The first-order valence-electron chi connectivity index (χ1n) is 9.99. The Labute approximate surface area is 179 Å². The van der Waals surface area contributed by atoms with Crippen molar-refractivity contribution in [1.29, 1.82) is 0 Å². The van der Waals surface area contributed by atoms with Crippen LogP contribution >= 0.6 is 23.4 Å². The molecule has 8 nitrogen and oxygen atoms in total. The van der Waals surface area contributed by atoms with Crippen LogP contribution in [-0.4, -0.2) is 56.7 Å². The van der Waals surface area contributed by atoms with E-state index >= 15 is 0 Å². The fourth-order valence-corrected chi connectivity index (χ4v) is 4.53. The minimum absolute atomic E-state index is 0.140. The maximum atomic E-state index is 12.6. The summed E-state index contributed by atoms with van der Waals surface area (Å²) in [6, 6.07) is 3.38. The van der Waals surface area contributed by atoms with Gasteiger partial charge in [-0.05, 0) is 44.7 Å². The molecule has 4 heterocycles. The summed E-state index contributed by atoms with van der Waals surface area (Å²) in [6.45, 7) is 5.37. The second-order valence-electron chi connectivity index (χ2n) is 7.33. The first-order chi connectivity index (χ1) is 14.1. The van der Waals surface area contributed by atoms with E-state index in [-0.39, 0.29) is 17.3 Å². The first-order valence-corrected chi connectivity index (χ1v) is 11.2. The molecule has 2 unspecified atom stereocenters. The zero-order valence-corrected chi connectivity index (χ0v) is 18.0. The number of carbonyl (C=O) groups is 1. The number of anilines is 2. The number of halogens is 1. The Morgan fingerprint density at radius 3 is 2.86 bits per heavy atom. The Bertz CT molecular complexity index is 834. The largest absolute Gasteiger partial charge is 0.376 e. The second-order valence-corrected chi connectivity index (χ2v) is 9.08. The maximum absolute atomic E-state index is 12.6. The van der Waals surface area contributed by atoms with Crippen LogP contribution in [-0.2, 0) is 16.1 Å². The molecule has 2 saturated heterocycles. The summed E-state index contributed by atoms with van der Waals surface area (Å²) in [5.41, 5.74) is 0. The van der Waals surface area contributed by atoms with Crippen molar-refractivity contribution in [1.82, 2.24) is 19.7 Å². The molecule has 0 bridgehead atoms. The Balaban J connectivity index is 1.47. The van der Waals surface area contributed by atoms with Gasteiger partial charge < -0.3 is 15.0 Å². The predicted molar refractivity (Wildman–Crippen MR) is 114 cm³/mol. The number of hydrogen-bond donors (Lipinski definition) is 1. The smallest absolute Gasteiger partial charge is 0.238 e. The number of rotatable bonds is 7. The molecule has 0 spiro atoms. The maximum Gasteiger partial charge on any atom is 0.238 e. The molecule has 0 radical (unpaired) electrons. The quantitative estimate of drug-likeness (QED) is 0.667. The lowest BCUT2D eigenvalue weighted by molar-refractivity contribution is -0.115. The van der Waals surface area contributed by atoms with E-state index < -0.39 is 0 Å². The molecule has 1 N–H and O–H groups in total. The van der Waals surface area contributed by atoms with Crippen LogP contribution in [0.3, 0.4) is 0 Å². The molecule has 2 aromatic heterocycles. The standard InChI is InChI=1S/C19H25ClN6O2S/c1-13(17(27)22-16-7-6-14(20)11-21-16)29-19-24-23-18(25-8-2-3-9-25)26(19)12-15-5-4-10-28-15/h6-7,11,13,15H,2-5,8-10,12H2,1H3,(H,21,22,27). The van der Waals surface area contributed by atoms with Crippen molar-refractivity contribution >= 4 is 41.0 Å². The lowest BCUT2D eigenvalue weighted by Gasteiger charge is -2.21. The molecule has 2 atom stereocenters. The molecule has 2 aliphatic heterocycles. The number of aromatic nitrogens is 4. The normalized spacial score (nSPS) is 20.2. The number of hydrogen-bond acceptors (Lipinski definition) is 7. The summed E-state index contributed by atoms with van der Waals surface area (Å²) in [7, 11) is 0. The summed E-state index contributed by atoms with van der Waals surface area (Å²) < 4.78 is 7.96. The van der Waals surface area contributed by atoms with E-state index in [2.05, 4.69) is 30.0 Å². The van der Waals surface area contributed by atoms with E-state index in [1.165, 1.54) is 30.8 Å². The van der Waals surface area contributed by atoms with Crippen molar-refractivity contribution < 1.29 is 9.53 Å². The highest BCUT2D eigenvalue weighted by atomic mass is 35.5. The van der Waals surface area contributed by atoms with Crippen LogP contribution in [0.2, 0.25) is 5.02 Å². The van der Waals surface area contributed by atoms with Crippen molar-refractivity contribution in [2.24, 2.45) is 0 Å². The molecule has 156 valence electrons. The van der Waals surface area contributed by atoms with Crippen LogP contribution in [0.1, 0.15) is 32.6 Å². The van der Waals surface area contributed by atoms with Crippen molar-refractivity contribution in [2.45, 2.75) is 55.7 Å². The minimum atomic E-state index is -0.355. The number of nitrogens with one attached hydrogen (secondary N) is 1. The molecule has 0 aliphatic carbocycles. The molecule has 2 aromatic rings. The molecular weight excluding hydrogens is 412 g/mol. The van der Waals surface area contributed by atoms with Gasteiger partial charge in [-0.1, -0.05) is 23.4 Å². The van der Waals surface area contributed by atoms with Crippen LogP contribution in [0.5, 0.6) is 0 Å². The third-order valence-corrected chi connectivity index (χ3v) is 6.43. The van der Waals surface area contributed by atoms with Crippen LogP contribution in [0.4, 0.5) is 11.8 Å². The van der Waals surface area contributed by atoms with Gasteiger partial charge in [-0.25, -0.2) is 4.98 Å². The monoisotopic (exact) mass is 436 g/mol. The molecular formula is C19H25ClN6O2S. The Morgan fingerprint density at radius 2 is 2.17 bits per heavy atom. The van der Waals surface area contributed by atoms with Gasteiger partial charge in [0.25, 0.3) is 0 Å². The van der Waals surface area contributed by atoms with Gasteiger partial charge in [-0.3, -0.25) is 9.36 Å². The Morgan fingerprint density at radius 1 is 1.34 bits per heavy atom. The van der Waals surface area contributed by atoms with Crippen LogP contribution < -0.4 is 10.2 Å². The Hall–Kier alpha value is -1.84. The van der Waals surface area contributed by atoms with Crippen molar-refractivity contribution in [2.75, 3.05) is 29.9 Å². The van der Waals surface area contributed by atoms with Crippen LogP contribution in [0, 0.1) is 0 Å². The number of pyridine rings is 1. The van der Waals surface area contributed by atoms with Gasteiger partial charge in [0.15, 0.2) is 5.16 Å². The molecule has 2 fully saturated rings. The van der Waals surface area contributed by atoms with E-state index in [4.69, 9.17) is 16.3 Å². The van der Waals surface area contributed by atoms with Gasteiger partial charge in [0, 0.05) is 25.9 Å². The fourth-order valence-electron chi connectivity index (χ4n) is 3.56. The van der Waals surface area contributed by atoms with E-state index in [0.29, 0.717) is 17.4 Å². The third kappa shape index (κ3) is 5.02. The van der Waals surface area contributed by atoms with Gasteiger partial charge >= 0.3 is 0 Å². The van der Waals surface area contributed by atoms with E-state index in [9.17, 15) is 4.79 Å². The summed E-state index contributed by atoms with van der Waals surface area (Å²) in [6.07, 6.45) is 6.15. The van der Waals surface area contributed by atoms with Gasteiger partial charge in [-0.2, -0.15) is 0 Å². The molecule has 29 heavy (non-hydrogen) atoms. The number of amides is 1. The Kier molecular flexibility index (Phi) is 6.56. The van der Waals surface area contributed by atoms with Gasteiger partial charge in [0.05, 0.1) is 22.9 Å². The highest BCUT2D eigenvalue weighted by Crippen LogP contribution is 2.29. The molecule has 0 aromatic carbocycles. The van der Waals surface area contributed by atoms with Crippen molar-refractivity contribution in [3.63, 3.8) is 0 Å². The molecule has 4 rings (SSSR count). The highest BCUT2D eigenvalue weighted by molar-refractivity contribution is 8.00. The average Bonchev–Trinajstić information content (AvgIpc) is 3.47. The second kappa shape index (κ2) is 9.32. The molecule has 2 aliphatic rings. The van der Waals surface area contributed by atoms with Gasteiger partial charge in [0.2, 0.25) is 11.9 Å². The lowest BCUT2D eigenvalue weighted by Crippen LogP contribution is -2.26. The van der Waals surface area contributed by atoms with Crippen LogP contribution in [0.25, 0.3) is 0 Å². The average molecular weight is 437 g/mol. The minimum Gasteiger partial charge on any atom is -0.376 e. The summed E-state index contributed by atoms with van der Waals surface area (Å²) in [4.78, 5) is 19.0.